The van der Waals surface area contributed by atoms with Gasteiger partial charge in [0, 0.05) is 16.5 Å². The Bertz CT molecular complexity index is 940. The number of anilines is 1. The Balaban J connectivity index is 2.34. The third-order valence-corrected chi connectivity index (χ3v) is 4.56. The number of methoxy groups -OCH3 is 3. The predicted molar refractivity (Wildman–Crippen MR) is 102 cm³/mol. The molecule has 7 nitrogen and oxygen atoms in total. The highest BCUT2D eigenvalue weighted by atomic mass is 32.1. The van der Waals surface area contributed by atoms with Gasteiger partial charge in [0.25, 0.3) is 5.91 Å². The van der Waals surface area contributed by atoms with Gasteiger partial charge in [0.2, 0.25) is 0 Å². The van der Waals surface area contributed by atoms with Crippen LogP contribution in [0.5, 0.6) is 11.5 Å². The van der Waals surface area contributed by atoms with Crippen LogP contribution in [0.4, 0.5) is 5.00 Å². The number of nitrogens with zero attached hydrogens (tertiary/aromatic N) is 1. The van der Waals surface area contributed by atoms with Gasteiger partial charge in [-0.2, -0.15) is 5.26 Å². The van der Waals surface area contributed by atoms with E-state index >= 15 is 0 Å². The van der Waals surface area contributed by atoms with Gasteiger partial charge >= 0.3 is 5.97 Å². The zero-order chi connectivity index (χ0) is 20.0. The molecule has 0 saturated carbocycles. The van der Waals surface area contributed by atoms with Gasteiger partial charge in [0.05, 0.1) is 26.9 Å². The second-order valence-electron chi connectivity index (χ2n) is 5.32. The molecule has 0 aliphatic heterocycles. The van der Waals surface area contributed by atoms with Crippen LogP contribution >= 0.6 is 11.3 Å². The molecule has 27 heavy (non-hydrogen) atoms. The third kappa shape index (κ3) is 4.65. The Morgan fingerprint density at radius 3 is 2.52 bits per heavy atom. The number of rotatable bonds is 6. The first-order chi connectivity index (χ1) is 12.9. The molecular weight excluding hydrogens is 368 g/mol. The number of carbonyl (C=O) groups excluding carboxylic acids is 2. The van der Waals surface area contributed by atoms with Crippen molar-refractivity contribution in [2.75, 3.05) is 26.6 Å². The molecule has 0 atom stereocenters. The lowest BCUT2D eigenvalue weighted by Crippen LogP contribution is -2.15. The topological polar surface area (TPSA) is 97.7 Å². The molecular formula is C19H18N2O5S. The first-order valence-electron chi connectivity index (χ1n) is 7.77. The highest BCUT2D eigenvalue weighted by Gasteiger charge is 2.19. The van der Waals surface area contributed by atoms with E-state index in [1.54, 1.807) is 31.2 Å². The number of hydrogen-bond donors (Lipinski definition) is 1. The van der Waals surface area contributed by atoms with Crippen molar-refractivity contribution < 1.29 is 23.8 Å². The van der Waals surface area contributed by atoms with Gasteiger partial charge in [-0.05, 0) is 31.2 Å². The van der Waals surface area contributed by atoms with Crippen LogP contribution in [0.25, 0.3) is 6.08 Å². The number of amides is 1. The molecule has 0 spiro atoms. The number of nitriles is 1. The second-order valence-corrected chi connectivity index (χ2v) is 6.58. The van der Waals surface area contributed by atoms with E-state index in [4.69, 9.17) is 14.2 Å². The van der Waals surface area contributed by atoms with E-state index in [1.165, 1.54) is 38.7 Å². The first kappa shape index (κ1) is 20.0. The minimum absolute atomic E-state index is 0.139. The second kappa shape index (κ2) is 8.87. The van der Waals surface area contributed by atoms with Gasteiger partial charge in [0.1, 0.15) is 28.1 Å². The molecule has 0 unspecified atom stereocenters. The molecule has 1 N–H and O–H groups in total. The summed E-state index contributed by atoms with van der Waals surface area (Å²) < 4.78 is 15.1. The number of ether oxygens (including phenoxy) is 3. The average molecular weight is 386 g/mol. The van der Waals surface area contributed by atoms with E-state index in [0.29, 0.717) is 22.1 Å². The number of nitrogens with one attached hydrogen (secondary N) is 1. The maximum absolute atomic E-state index is 12.5. The molecule has 140 valence electrons. The SMILES string of the molecule is COC(=O)c1cc(C)sc1NC(=O)/C(C#N)=C/c1ccc(OC)cc1OC. The van der Waals surface area contributed by atoms with Crippen LogP contribution in [0.2, 0.25) is 0 Å². The number of aryl methyl sites for hydroxylation is 1. The standard InChI is InChI=1S/C19H18N2O5S/c1-11-7-15(19(23)26-4)18(27-11)21-17(22)13(10-20)8-12-5-6-14(24-2)9-16(12)25-3/h5-9H,1-4H3,(H,21,22)/b13-8+. The molecule has 0 radical (unpaired) electrons. The van der Waals surface area contributed by atoms with E-state index < -0.39 is 11.9 Å². The lowest BCUT2D eigenvalue weighted by atomic mass is 10.1. The molecule has 0 fully saturated rings. The van der Waals surface area contributed by atoms with Crippen molar-refractivity contribution in [3.63, 3.8) is 0 Å². The van der Waals surface area contributed by atoms with E-state index in [9.17, 15) is 14.9 Å². The number of carbonyl (C=O) groups is 2. The molecule has 0 aliphatic carbocycles. The van der Waals surface area contributed by atoms with Crippen molar-refractivity contribution in [2.24, 2.45) is 0 Å². The monoisotopic (exact) mass is 386 g/mol. The van der Waals surface area contributed by atoms with Crippen LogP contribution in [-0.2, 0) is 9.53 Å². The molecule has 1 heterocycles. The summed E-state index contributed by atoms with van der Waals surface area (Å²) in [4.78, 5) is 25.2. The van der Waals surface area contributed by atoms with Crippen molar-refractivity contribution in [2.45, 2.75) is 6.92 Å². The predicted octanol–water partition coefficient (Wildman–Crippen LogP) is 3.41. The molecule has 2 rings (SSSR count). The van der Waals surface area contributed by atoms with E-state index in [2.05, 4.69) is 5.32 Å². The van der Waals surface area contributed by atoms with Gasteiger partial charge in [-0.1, -0.05) is 0 Å². The minimum atomic E-state index is -0.637. The Hall–Kier alpha value is -3.31. The Kier molecular flexibility index (Phi) is 6.57. The fourth-order valence-corrected chi connectivity index (χ4v) is 3.18. The first-order valence-corrected chi connectivity index (χ1v) is 8.59. The molecule has 0 bridgehead atoms. The van der Waals surface area contributed by atoms with Crippen LogP contribution in [0.3, 0.4) is 0 Å². The Labute approximate surface area is 160 Å². The molecule has 1 aromatic heterocycles. The summed E-state index contributed by atoms with van der Waals surface area (Å²) in [5.41, 5.74) is 0.647. The molecule has 2 aromatic rings. The number of benzene rings is 1. The molecule has 0 aliphatic rings. The van der Waals surface area contributed by atoms with Crippen molar-refractivity contribution >= 4 is 34.3 Å². The maximum Gasteiger partial charge on any atom is 0.340 e. The van der Waals surface area contributed by atoms with Gasteiger partial charge in [-0.15, -0.1) is 11.3 Å². The Morgan fingerprint density at radius 2 is 1.93 bits per heavy atom. The van der Waals surface area contributed by atoms with E-state index in [1.807, 2.05) is 6.07 Å². The normalized spacial score (nSPS) is 10.7. The number of hydrogen-bond acceptors (Lipinski definition) is 7. The molecule has 1 amide bonds. The van der Waals surface area contributed by atoms with Crippen molar-refractivity contribution in [3.05, 3.63) is 45.8 Å². The van der Waals surface area contributed by atoms with Crippen LogP contribution in [0, 0.1) is 18.3 Å². The highest BCUT2D eigenvalue weighted by Crippen LogP contribution is 2.30. The third-order valence-electron chi connectivity index (χ3n) is 3.59. The fraction of sp³-hybridized carbons (Fsp3) is 0.211. The van der Waals surface area contributed by atoms with E-state index in [0.717, 1.165) is 4.88 Å². The zero-order valence-corrected chi connectivity index (χ0v) is 16.1. The van der Waals surface area contributed by atoms with Crippen LogP contribution in [-0.4, -0.2) is 33.2 Å². The number of esters is 1. The molecule has 1 aromatic carbocycles. The molecule has 0 saturated heterocycles. The van der Waals surface area contributed by atoms with Gasteiger partial charge in [0.15, 0.2) is 0 Å². The summed E-state index contributed by atoms with van der Waals surface area (Å²) in [5, 5.41) is 12.3. The maximum atomic E-state index is 12.5. The smallest absolute Gasteiger partial charge is 0.340 e. The quantitative estimate of drug-likeness (QED) is 0.464. The largest absolute Gasteiger partial charge is 0.497 e. The van der Waals surface area contributed by atoms with Crippen molar-refractivity contribution in [1.29, 1.82) is 5.26 Å². The highest BCUT2D eigenvalue weighted by molar-refractivity contribution is 7.16. The molecule has 8 heteroatoms. The average Bonchev–Trinajstić information content (AvgIpc) is 3.05. The Morgan fingerprint density at radius 1 is 1.19 bits per heavy atom. The minimum Gasteiger partial charge on any atom is -0.497 e. The summed E-state index contributed by atoms with van der Waals surface area (Å²) in [6, 6.07) is 8.51. The summed E-state index contributed by atoms with van der Waals surface area (Å²) in [5.74, 6) is -0.155. The summed E-state index contributed by atoms with van der Waals surface area (Å²) >= 11 is 1.22. The lowest BCUT2D eigenvalue weighted by Gasteiger charge is -2.08. The van der Waals surface area contributed by atoms with Gasteiger partial charge < -0.3 is 19.5 Å². The van der Waals surface area contributed by atoms with Crippen molar-refractivity contribution in [3.8, 4) is 17.6 Å². The zero-order valence-electron chi connectivity index (χ0n) is 15.3. The summed E-state index contributed by atoms with van der Waals surface area (Å²) in [7, 11) is 4.27. The van der Waals surface area contributed by atoms with Crippen LogP contribution in [0.1, 0.15) is 20.8 Å². The summed E-state index contributed by atoms with van der Waals surface area (Å²) in [6.07, 6.45) is 1.41. The van der Waals surface area contributed by atoms with Gasteiger partial charge in [-0.25, -0.2) is 4.79 Å². The lowest BCUT2D eigenvalue weighted by molar-refractivity contribution is -0.112. The van der Waals surface area contributed by atoms with Crippen LogP contribution in [0.15, 0.2) is 29.8 Å². The summed E-state index contributed by atoms with van der Waals surface area (Å²) in [6.45, 7) is 1.80. The fourth-order valence-electron chi connectivity index (χ4n) is 2.28. The van der Waals surface area contributed by atoms with Crippen LogP contribution < -0.4 is 14.8 Å². The number of thiophene rings is 1. The van der Waals surface area contributed by atoms with Gasteiger partial charge in [-0.3, -0.25) is 4.79 Å². The van der Waals surface area contributed by atoms with E-state index in [-0.39, 0.29) is 11.1 Å². The van der Waals surface area contributed by atoms with Crippen molar-refractivity contribution in [1.82, 2.24) is 0 Å².